The highest BCUT2D eigenvalue weighted by molar-refractivity contribution is 9.12. The van der Waals surface area contributed by atoms with Crippen molar-refractivity contribution in [2.45, 2.75) is 12.8 Å². The van der Waals surface area contributed by atoms with Gasteiger partial charge in [-0.15, -0.1) is 0 Å². The molecule has 0 aromatic heterocycles. The molecule has 2 N–H and O–H groups in total. The summed E-state index contributed by atoms with van der Waals surface area (Å²) in [5.41, 5.74) is 8.81. The number of aliphatic hydroxyl groups excluding tert-OH is 2. The number of allylic oxidation sites excluding steroid dienone is 12. The minimum Gasteiger partial charge on any atom is -0.467 e. The van der Waals surface area contributed by atoms with Gasteiger partial charge in [0.1, 0.15) is 11.5 Å². The molecule has 0 saturated carbocycles. The van der Waals surface area contributed by atoms with Crippen LogP contribution in [0.4, 0.5) is 0 Å². The lowest BCUT2D eigenvalue weighted by Crippen LogP contribution is -2.08. The normalized spacial score (nSPS) is 17.5. The van der Waals surface area contributed by atoms with Crippen LogP contribution in [-0.4, -0.2) is 73.1 Å². The van der Waals surface area contributed by atoms with Crippen molar-refractivity contribution < 1.29 is 29.2 Å². The molecule has 7 rings (SSSR count). The third-order valence-corrected chi connectivity index (χ3v) is 9.91. The highest BCUT2D eigenvalue weighted by atomic mass is 79.9. The first kappa shape index (κ1) is 35.8. The Kier molecular flexibility index (Phi) is 11.6. The van der Waals surface area contributed by atoms with Gasteiger partial charge in [-0.25, -0.2) is 20.0 Å². The molecule has 0 unspecified atom stereocenters. The number of rotatable bonds is 14. The fraction of sp³-hybridized carbons (Fsp3) is 0.200. The lowest BCUT2D eigenvalue weighted by Gasteiger charge is -2.15. The van der Waals surface area contributed by atoms with Crippen molar-refractivity contribution in [3.63, 3.8) is 0 Å². The summed E-state index contributed by atoms with van der Waals surface area (Å²) in [4.78, 5) is 20.3. The maximum atomic E-state index is 9.11. The first-order chi connectivity index (χ1) is 25.6. The summed E-state index contributed by atoms with van der Waals surface area (Å²) >= 11 is 7.62. The summed E-state index contributed by atoms with van der Waals surface area (Å²) in [6.45, 7) is 0.954. The fourth-order valence-corrected chi connectivity index (χ4v) is 6.71. The zero-order valence-corrected chi connectivity index (χ0v) is 31.1. The molecule has 2 aromatic rings. The maximum absolute atomic E-state index is 9.11. The molecular formula is C40H34Br2N4O6. The van der Waals surface area contributed by atoms with E-state index in [2.05, 4.69) is 31.9 Å². The van der Waals surface area contributed by atoms with E-state index in [1.807, 2.05) is 97.1 Å². The molecule has 0 fully saturated rings. The third kappa shape index (κ3) is 7.77. The first-order valence-electron chi connectivity index (χ1n) is 16.7. The van der Waals surface area contributed by atoms with Gasteiger partial charge in [-0.2, -0.15) is 0 Å². The zero-order chi connectivity index (χ0) is 35.9. The Hall–Kier alpha value is -4.56. The highest BCUT2D eigenvalue weighted by Gasteiger charge is 2.27. The van der Waals surface area contributed by atoms with Crippen molar-refractivity contribution >= 4 is 65.9 Å². The standard InChI is InChI=1S/C40H34Br2N4O6/c41-39-31-15-11-27(43-31)37(25-7-1-3-9-35(25)51-23-49-21-5-19-47)28-12-16-32(44-28)40(42)34-18-14-30(46-34)38(29-13-17-33(39)45-29)26-8-2-4-10-36(26)52-24-50-22-6-20-48/h1-4,7-18,47-48H,5-6,19-24H2. The summed E-state index contributed by atoms with van der Waals surface area (Å²) < 4.78 is 24.8. The Morgan fingerprint density at radius 3 is 1.31 bits per heavy atom. The maximum Gasteiger partial charge on any atom is 0.189 e. The number of aliphatic hydroxyl groups is 2. The van der Waals surface area contributed by atoms with Crippen LogP contribution < -0.4 is 9.47 Å². The molecule has 0 amide bonds. The number of hydrogen-bond acceptors (Lipinski definition) is 10. The average molecular weight is 827 g/mol. The summed E-state index contributed by atoms with van der Waals surface area (Å²) in [6, 6.07) is 15.5. The third-order valence-electron chi connectivity index (χ3n) is 8.29. The lowest BCUT2D eigenvalue weighted by atomic mass is 9.98. The molecule has 10 nitrogen and oxygen atoms in total. The van der Waals surface area contributed by atoms with Gasteiger partial charge in [0, 0.05) is 35.5 Å². The Bertz CT molecular complexity index is 2000. The number of hydrogen-bond donors (Lipinski definition) is 2. The number of para-hydroxylation sites is 2. The lowest BCUT2D eigenvalue weighted by molar-refractivity contribution is 0.00922. The highest BCUT2D eigenvalue weighted by Crippen LogP contribution is 2.39. The second-order valence-electron chi connectivity index (χ2n) is 11.7. The minimum absolute atomic E-state index is 0.0340. The van der Waals surface area contributed by atoms with Gasteiger partial charge in [0.05, 0.1) is 67.8 Å². The van der Waals surface area contributed by atoms with Gasteiger partial charge in [0.15, 0.2) is 13.6 Å². The van der Waals surface area contributed by atoms with E-state index in [-0.39, 0.29) is 26.8 Å². The molecule has 2 aromatic carbocycles. The fourth-order valence-electron chi connectivity index (χ4n) is 5.83. The molecule has 12 heteroatoms. The van der Waals surface area contributed by atoms with Crippen LogP contribution in [0.15, 0.2) is 149 Å². The molecule has 52 heavy (non-hydrogen) atoms. The van der Waals surface area contributed by atoms with Gasteiger partial charge in [-0.05, 0) is 105 Å². The van der Waals surface area contributed by atoms with E-state index in [0.29, 0.717) is 83.2 Å². The zero-order valence-electron chi connectivity index (χ0n) is 28.0. The van der Waals surface area contributed by atoms with Crippen molar-refractivity contribution in [1.29, 1.82) is 0 Å². The quantitative estimate of drug-likeness (QED) is 0.150. The SMILES string of the molecule is OCCCOCOc1ccccc1C1=C2C=CC(=N2)C(Br)=C2C=CC(=N2)C(c2ccccc2OCOCCCO)=C2C=CC(=N2)C(Br)=C2C=CC1=N2. The molecule has 264 valence electrons. The van der Waals surface area contributed by atoms with Gasteiger partial charge in [0.25, 0.3) is 0 Å². The summed E-state index contributed by atoms with van der Waals surface area (Å²) in [5, 5.41) is 18.2. The van der Waals surface area contributed by atoms with E-state index < -0.39 is 0 Å². The van der Waals surface area contributed by atoms with Crippen LogP contribution in [0.25, 0.3) is 11.1 Å². The molecule has 0 aliphatic carbocycles. The Morgan fingerprint density at radius 2 is 0.865 bits per heavy atom. The molecule has 5 aliphatic rings. The number of benzene rings is 2. The minimum atomic E-state index is 0.0340. The van der Waals surface area contributed by atoms with E-state index in [0.717, 1.165) is 31.2 Å². The van der Waals surface area contributed by atoms with Crippen molar-refractivity contribution in [3.05, 3.63) is 140 Å². The number of aliphatic imine (C=N–C) groups is 4. The van der Waals surface area contributed by atoms with Crippen molar-refractivity contribution in [2.75, 3.05) is 40.0 Å². The van der Waals surface area contributed by atoms with Crippen LogP contribution in [0.2, 0.25) is 0 Å². The smallest absolute Gasteiger partial charge is 0.189 e. The van der Waals surface area contributed by atoms with Crippen molar-refractivity contribution in [3.8, 4) is 11.5 Å². The number of fused-ring (bicyclic) bond motifs is 4. The number of ether oxygens (including phenoxy) is 4. The monoisotopic (exact) mass is 824 g/mol. The first-order valence-corrected chi connectivity index (χ1v) is 18.3. The van der Waals surface area contributed by atoms with Gasteiger partial charge >= 0.3 is 0 Å². The Balaban J connectivity index is 1.34. The van der Waals surface area contributed by atoms with Crippen LogP contribution in [0.1, 0.15) is 24.0 Å². The molecule has 0 saturated heterocycles. The summed E-state index contributed by atoms with van der Waals surface area (Å²) in [7, 11) is 0. The summed E-state index contributed by atoms with van der Waals surface area (Å²) in [6.07, 6.45) is 16.7. The van der Waals surface area contributed by atoms with Crippen LogP contribution in [0.3, 0.4) is 0 Å². The van der Waals surface area contributed by atoms with E-state index in [4.69, 9.17) is 49.1 Å². The average Bonchev–Trinajstić information content (AvgIpc) is 4.01. The molecule has 0 spiro atoms. The predicted molar refractivity (Wildman–Crippen MR) is 211 cm³/mol. The van der Waals surface area contributed by atoms with Gasteiger partial charge < -0.3 is 29.2 Å². The van der Waals surface area contributed by atoms with Crippen LogP contribution >= 0.6 is 31.9 Å². The Morgan fingerprint density at radius 1 is 0.481 bits per heavy atom. The summed E-state index contributed by atoms with van der Waals surface area (Å²) in [5.74, 6) is 1.23. The van der Waals surface area contributed by atoms with Gasteiger partial charge in [0.2, 0.25) is 0 Å². The van der Waals surface area contributed by atoms with Crippen LogP contribution in [0.5, 0.6) is 11.5 Å². The van der Waals surface area contributed by atoms with Crippen molar-refractivity contribution in [1.82, 2.24) is 0 Å². The van der Waals surface area contributed by atoms with Crippen LogP contribution in [0, 0.1) is 0 Å². The van der Waals surface area contributed by atoms with Gasteiger partial charge in [-0.1, -0.05) is 36.4 Å². The van der Waals surface area contributed by atoms with E-state index in [1.54, 1.807) is 0 Å². The largest absolute Gasteiger partial charge is 0.467 e. The molecule has 0 atom stereocenters. The predicted octanol–water partition coefficient (Wildman–Crippen LogP) is 7.55. The van der Waals surface area contributed by atoms with E-state index in [9.17, 15) is 0 Å². The number of halogens is 2. The van der Waals surface area contributed by atoms with Crippen molar-refractivity contribution in [2.24, 2.45) is 20.0 Å². The van der Waals surface area contributed by atoms with E-state index >= 15 is 0 Å². The van der Waals surface area contributed by atoms with E-state index in [1.165, 1.54) is 0 Å². The molecule has 0 radical (unpaired) electrons. The Labute approximate surface area is 318 Å². The molecule has 8 bridgehead atoms. The second kappa shape index (κ2) is 16.8. The molecular weight excluding hydrogens is 792 g/mol. The second-order valence-corrected chi connectivity index (χ2v) is 13.3. The number of nitrogens with zero attached hydrogens (tertiary/aromatic N) is 4. The molecule has 5 heterocycles. The van der Waals surface area contributed by atoms with Gasteiger partial charge in [-0.3, -0.25) is 0 Å². The molecule has 5 aliphatic heterocycles. The topological polar surface area (TPSA) is 127 Å². The van der Waals surface area contributed by atoms with Crippen LogP contribution in [-0.2, 0) is 9.47 Å².